The third kappa shape index (κ3) is 3.35. The van der Waals surface area contributed by atoms with Gasteiger partial charge in [0.1, 0.15) is 0 Å². The summed E-state index contributed by atoms with van der Waals surface area (Å²) in [5.74, 6) is 0.217. The molecule has 0 saturated heterocycles. The second-order valence-electron chi connectivity index (χ2n) is 6.31. The number of amides is 1. The third-order valence-electron chi connectivity index (χ3n) is 4.75. The minimum atomic E-state index is 0.0394. The van der Waals surface area contributed by atoms with Crippen molar-refractivity contribution in [3.63, 3.8) is 0 Å². The fourth-order valence-corrected chi connectivity index (χ4v) is 4.42. The van der Waals surface area contributed by atoms with E-state index in [2.05, 4.69) is 33.5 Å². The lowest BCUT2D eigenvalue weighted by molar-refractivity contribution is -0.133. The highest BCUT2D eigenvalue weighted by Crippen LogP contribution is 2.38. The number of thiophene rings is 1. The van der Waals surface area contributed by atoms with Crippen molar-refractivity contribution in [2.45, 2.75) is 25.3 Å². The van der Waals surface area contributed by atoms with Crippen molar-refractivity contribution in [1.82, 2.24) is 9.88 Å². The third-order valence-corrected chi connectivity index (χ3v) is 5.75. The van der Waals surface area contributed by atoms with Crippen LogP contribution in [0.15, 0.2) is 66.3 Å². The minimum absolute atomic E-state index is 0.0394. The Labute approximate surface area is 152 Å². The van der Waals surface area contributed by atoms with E-state index in [0.717, 1.165) is 24.9 Å². The zero-order valence-electron chi connectivity index (χ0n) is 14.0. The highest BCUT2D eigenvalue weighted by molar-refractivity contribution is 7.10. The van der Waals surface area contributed by atoms with E-state index in [1.54, 1.807) is 17.5 Å². The van der Waals surface area contributed by atoms with Crippen molar-refractivity contribution in [3.05, 3.63) is 87.9 Å². The van der Waals surface area contributed by atoms with Gasteiger partial charge in [-0.1, -0.05) is 36.4 Å². The van der Waals surface area contributed by atoms with Gasteiger partial charge in [0.15, 0.2) is 0 Å². The number of carbonyl (C=O) groups excluding carboxylic acids is 1. The largest absolute Gasteiger partial charge is 0.331 e. The Hall–Kier alpha value is -2.46. The van der Waals surface area contributed by atoms with Crippen LogP contribution < -0.4 is 0 Å². The van der Waals surface area contributed by atoms with E-state index in [-0.39, 0.29) is 11.9 Å². The monoisotopic (exact) mass is 348 g/mol. The molecule has 126 valence electrons. The number of aromatic nitrogens is 1. The molecular formula is C21H20N2OS. The van der Waals surface area contributed by atoms with Crippen molar-refractivity contribution < 1.29 is 4.79 Å². The predicted octanol–water partition coefficient (Wildman–Crippen LogP) is 4.25. The molecule has 0 aliphatic carbocycles. The number of hydrogen-bond acceptors (Lipinski definition) is 3. The smallest absolute Gasteiger partial charge is 0.223 e. The van der Waals surface area contributed by atoms with Gasteiger partial charge in [-0.15, -0.1) is 11.3 Å². The summed E-state index contributed by atoms with van der Waals surface area (Å²) in [5, 5.41) is 2.14. The van der Waals surface area contributed by atoms with Crippen LogP contribution in [0.2, 0.25) is 0 Å². The Morgan fingerprint density at radius 3 is 2.84 bits per heavy atom. The first-order valence-corrected chi connectivity index (χ1v) is 9.50. The molecule has 4 rings (SSSR count). The fourth-order valence-electron chi connectivity index (χ4n) is 3.52. The van der Waals surface area contributed by atoms with Crippen molar-refractivity contribution in [2.24, 2.45) is 0 Å². The van der Waals surface area contributed by atoms with Crippen LogP contribution in [-0.2, 0) is 17.6 Å². The Kier molecular flexibility index (Phi) is 4.61. The summed E-state index contributed by atoms with van der Waals surface area (Å²) >= 11 is 1.80. The first-order chi connectivity index (χ1) is 12.3. The number of pyridine rings is 1. The molecule has 0 fully saturated rings. The first kappa shape index (κ1) is 16.0. The van der Waals surface area contributed by atoms with Gasteiger partial charge < -0.3 is 4.90 Å². The zero-order chi connectivity index (χ0) is 17.1. The van der Waals surface area contributed by atoms with Crippen molar-refractivity contribution in [2.75, 3.05) is 6.54 Å². The molecule has 1 atom stereocenters. The Morgan fingerprint density at radius 2 is 2.04 bits per heavy atom. The summed E-state index contributed by atoms with van der Waals surface area (Å²) in [6.45, 7) is 0.791. The molecular weight excluding hydrogens is 328 g/mol. The lowest BCUT2D eigenvalue weighted by Crippen LogP contribution is -2.40. The second-order valence-corrected chi connectivity index (χ2v) is 7.31. The Bertz CT molecular complexity index is 845. The Balaban J connectivity index is 1.58. The number of aryl methyl sites for hydroxylation is 1. The molecule has 0 spiro atoms. The molecule has 0 N–H and O–H groups in total. The summed E-state index contributed by atoms with van der Waals surface area (Å²) in [4.78, 5) is 20.6. The van der Waals surface area contributed by atoms with Crippen LogP contribution in [-0.4, -0.2) is 22.3 Å². The average Bonchev–Trinajstić information content (AvgIpc) is 3.15. The van der Waals surface area contributed by atoms with Gasteiger partial charge in [-0.3, -0.25) is 9.78 Å². The van der Waals surface area contributed by atoms with E-state index >= 15 is 0 Å². The molecule has 0 bridgehead atoms. The maximum Gasteiger partial charge on any atom is 0.223 e. The standard InChI is InChI=1S/C21H20N2OS/c24-20(9-8-16-5-4-12-22-15-16)23-13-10-19-18(11-14-25-19)21(23)17-6-2-1-3-7-17/h1-7,11-12,14-15,21H,8-10,13H2/t21-/m0/s1. The van der Waals surface area contributed by atoms with Crippen molar-refractivity contribution in [1.29, 1.82) is 0 Å². The molecule has 1 amide bonds. The SMILES string of the molecule is O=C(CCc1cccnc1)N1CCc2sccc2[C@@H]1c1ccccc1. The minimum Gasteiger partial charge on any atom is -0.331 e. The summed E-state index contributed by atoms with van der Waals surface area (Å²) in [6, 6.07) is 16.5. The molecule has 1 aliphatic rings. The summed E-state index contributed by atoms with van der Waals surface area (Å²) in [6.07, 6.45) is 5.82. The predicted molar refractivity (Wildman–Crippen MR) is 101 cm³/mol. The molecule has 3 aromatic rings. The molecule has 1 aliphatic heterocycles. The van der Waals surface area contributed by atoms with E-state index in [9.17, 15) is 4.79 Å². The quantitative estimate of drug-likeness (QED) is 0.706. The highest BCUT2D eigenvalue weighted by Gasteiger charge is 2.32. The number of benzene rings is 1. The van der Waals surface area contributed by atoms with Gasteiger partial charge in [0.05, 0.1) is 6.04 Å². The highest BCUT2D eigenvalue weighted by atomic mass is 32.1. The topological polar surface area (TPSA) is 33.2 Å². The lowest BCUT2D eigenvalue weighted by atomic mass is 9.93. The van der Waals surface area contributed by atoms with Crippen molar-refractivity contribution in [3.8, 4) is 0 Å². The van der Waals surface area contributed by atoms with Gasteiger partial charge >= 0.3 is 0 Å². The van der Waals surface area contributed by atoms with Gasteiger partial charge in [0.25, 0.3) is 0 Å². The number of nitrogens with zero attached hydrogens (tertiary/aromatic N) is 2. The van der Waals surface area contributed by atoms with Crippen LogP contribution >= 0.6 is 11.3 Å². The van der Waals surface area contributed by atoms with E-state index in [1.165, 1.54) is 16.0 Å². The maximum atomic E-state index is 13.0. The zero-order valence-corrected chi connectivity index (χ0v) is 14.8. The first-order valence-electron chi connectivity index (χ1n) is 8.62. The summed E-state index contributed by atoms with van der Waals surface area (Å²) in [5.41, 5.74) is 3.59. The summed E-state index contributed by atoms with van der Waals surface area (Å²) in [7, 11) is 0. The number of carbonyl (C=O) groups is 1. The molecule has 4 heteroatoms. The van der Waals surface area contributed by atoms with Gasteiger partial charge in [-0.25, -0.2) is 0 Å². The van der Waals surface area contributed by atoms with E-state index < -0.39 is 0 Å². The van der Waals surface area contributed by atoms with Gasteiger partial charge in [0, 0.05) is 30.2 Å². The van der Waals surface area contributed by atoms with Crippen LogP contribution in [0.5, 0.6) is 0 Å². The molecule has 0 saturated carbocycles. The van der Waals surface area contributed by atoms with Gasteiger partial charge in [0.2, 0.25) is 5.91 Å². The molecule has 1 aromatic carbocycles. The van der Waals surface area contributed by atoms with Crippen molar-refractivity contribution >= 4 is 17.2 Å². The van der Waals surface area contributed by atoms with E-state index in [4.69, 9.17) is 0 Å². The van der Waals surface area contributed by atoms with Crippen LogP contribution in [0.25, 0.3) is 0 Å². The Morgan fingerprint density at radius 1 is 1.16 bits per heavy atom. The summed E-state index contributed by atoms with van der Waals surface area (Å²) < 4.78 is 0. The normalized spacial score (nSPS) is 16.5. The van der Waals surface area contributed by atoms with Crippen LogP contribution in [0.3, 0.4) is 0 Å². The van der Waals surface area contributed by atoms with Gasteiger partial charge in [-0.2, -0.15) is 0 Å². The lowest BCUT2D eigenvalue weighted by Gasteiger charge is -2.36. The van der Waals surface area contributed by atoms with E-state index in [1.807, 2.05) is 36.5 Å². The molecule has 0 radical (unpaired) electrons. The van der Waals surface area contributed by atoms with Crippen LogP contribution in [0.1, 0.15) is 34.0 Å². The van der Waals surface area contributed by atoms with E-state index in [0.29, 0.717) is 6.42 Å². The number of fused-ring (bicyclic) bond motifs is 1. The van der Waals surface area contributed by atoms with Crippen LogP contribution in [0.4, 0.5) is 0 Å². The van der Waals surface area contributed by atoms with Crippen LogP contribution in [0, 0.1) is 0 Å². The van der Waals surface area contributed by atoms with Gasteiger partial charge in [-0.05, 0) is 47.0 Å². The molecule has 3 heterocycles. The second kappa shape index (κ2) is 7.19. The molecule has 0 unspecified atom stereocenters. The molecule has 3 nitrogen and oxygen atoms in total. The maximum absolute atomic E-state index is 13.0. The number of hydrogen-bond donors (Lipinski definition) is 0. The fraction of sp³-hybridized carbons (Fsp3) is 0.238. The average molecular weight is 348 g/mol. The molecule has 2 aromatic heterocycles. The molecule has 25 heavy (non-hydrogen) atoms. The number of rotatable bonds is 4.